The average molecular weight is 491 g/mol. The van der Waals surface area contributed by atoms with Gasteiger partial charge in [-0.3, -0.25) is 9.98 Å². The van der Waals surface area contributed by atoms with Crippen LogP contribution in [0.3, 0.4) is 0 Å². The highest BCUT2D eigenvalue weighted by Crippen LogP contribution is 2.19. The lowest BCUT2D eigenvalue weighted by Gasteiger charge is -2.11. The molecule has 0 unspecified atom stereocenters. The summed E-state index contributed by atoms with van der Waals surface area (Å²) in [4.78, 5) is 12.2. The number of guanidine groups is 1. The first-order valence-electron chi connectivity index (χ1n) is 9.65. The van der Waals surface area contributed by atoms with Gasteiger partial charge in [0.25, 0.3) is 0 Å². The first-order valence-corrected chi connectivity index (χ1v) is 9.65. The minimum Gasteiger partial charge on any atom is -0.361 e. The van der Waals surface area contributed by atoms with Crippen LogP contribution in [0.5, 0.6) is 0 Å². The van der Waals surface area contributed by atoms with Crippen LogP contribution < -0.4 is 10.6 Å². The molecule has 2 heterocycles. The fourth-order valence-electron chi connectivity index (χ4n) is 3.24. The minimum absolute atomic E-state index is 0. The van der Waals surface area contributed by atoms with Crippen LogP contribution in [0, 0.1) is 13.8 Å². The lowest BCUT2D eigenvalue weighted by Crippen LogP contribution is -2.38. The van der Waals surface area contributed by atoms with Crippen molar-refractivity contribution in [1.82, 2.24) is 20.6 Å². The molecule has 0 amide bonds. The van der Waals surface area contributed by atoms with Gasteiger partial charge in [0, 0.05) is 49.1 Å². The third-order valence-electron chi connectivity index (χ3n) is 4.74. The number of fused-ring (bicyclic) bond motifs is 1. The zero-order chi connectivity index (χ0) is 19.1. The third kappa shape index (κ3) is 5.95. The molecule has 0 bridgehead atoms. The summed E-state index contributed by atoms with van der Waals surface area (Å²) in [6.45, 7) is 8.76. The second-order valence-corrected chi connectivity index (χ2v) is 6.85. The van der Waals surface area contributed by atoms with Gasteiger partial charge in [-0.15, -0.1) is 24.0 Å². The number of halogens is 1. The molecule has 0 atom stereocenters. The van der Waals surface area contributed by atoms with Gasteiger partial charge in [0.15, 0.2) is 5.96 Å². The summed E-state index contributed by atoms with van der Waals surface area (Å²) in [6, 6.07) is 8.63. The number of hydrogen-bond acceptors (Lipinski definition) is 2. The molecule has 5 nitrogen and oxygen atoms in total. The first-order chi connectivity index (χ1) is 13.2. The van der Waals surface area contributed by atoms with E-state index in [1.807, 2.05) is 12.4 Å². The molecule has 6 heteroatoms. The van der Waals surface area contributed by atoms with Crippen LogP contribution in [0.1, 0.15) is 29.2 Å². The molecule has 150 valence electrons. The van der Waals surface area contributed by atoms with Crippen LogP contribution >= 0.6 is 24.0 Å². The Morgan fingerprint density at radius 3 is 2.75 bits per heavy atom. The van der Waals surface area contributed by atoms with E-state index in [0.29, 0.717) is 0 Å². The lowest BCUT2D eigenvalue weighted by atomic mass is 10.1. The zero-order valence-corrected chi connectivity index (χ0v) is 19.2. The van der Waals surface area contributed by atoms with E-state index in [0.717, 1.165) is 38.4 Å². The first kappa shape index (κ1) is 22.2. The van der Waals surface area contributed by atoms with Crippen LogP contribution in [0.2, 0.25) is 0 Å². The Kier molecular flexibility index (Phi) is 8.76. The second kappa shape index (κ2) is 11.0. The van der Waals surface area contributed by atoms with Gasteiger partial charge < -0.3 is 15.6 Å². The summed E-state index contributed by atoms with van der Waals surface area (Å²) in [5.41, 5.74) is 6.35. The monoisotopic (exact) mass is 491 g/mol. The minimum atomic E-state index is 0. The number of aromatic amines is 1. The molecular formula is C22H30IN5. The molecular weight excluding hydrogens is 461 g/mol. The van der Waals surface area contributed by atoms with E-state index >= 15 is 0 Å². The highest BCUT2D eigenvalue weighted by Gasteiger charge is 2.04. The number of nitrogens with one attached hydrogen (secondary N) is 3. The second-order valence-electron chi connectivity index (χ2n) is 6.85. The number of H-pyrrole nitrogens is 1. The van der Waals surface area contributed by atoms with E-state index in [9.17, 15) is 0 Å². The van der Waals surface area contributed by atoms with Crippen LogP contribution in [-0.2, 0) is 12.8 Å². The van der Waals surface area contributed by atoms with Crippen LogP contribution in [-0.4, -0.2) is 35.6 Å². The normalized spacial score (nSPS) is 11.3. The number of pyridine rings is 1. The number of aromatic nitrogens is 2. The number of aliphatic imine (C=N–C) groups is 1. The molecule has 0 aliphatic rings. The quantitative estimate of drug-likeness (QED) is 0.265. The number of benzene rings is 1. The molecule has 0 saturated carbocycles. The summed E-state index contributed by atoms with van der Waals surface area (Å²) >= 11 is 0. The van der Waals surface area contributed by atoms with Crippen molar-refractivity contribution in [3.8, 4) is 0 Å². The van der Waals surface area contributed by atoms with E-state index in [2.05, 4.69) is 71.8 Å². The Labute approximate surface area is 184 Å². The number of nitrogens with zero attached hydrogens (tertiary/aromatic N) is 2. The maximum atomic E-state index is 4.71. The van der Waals surface area contributed by atoms with Crippen molar-refractivity contribution in [2.24, 2.45) is 4.99 Å². The Hall–Kier alpha value is -2.09. The van der Waals surface area contributed by atoms with Gasteiger partial charge in [-0.2, -0.15) is 0 Å². The molecule has 28 heavy (non-hydrogen) atoms. The predicted molar refractivity (Wildman–Crippen MR) is 129 cm³/mol. The largest absolute Gasteiger partial charge is 0.361 e. The van der Waals surface area contributed by atoms with Crippen LogP contribution in [0.4, 0.5) is 0 Å². The fourth-order valence-corrected chi connectivity index (χ4v) is 3.24. The summed E-state index contributed by atoms with van der Waals surface area (Å²) in [5, 5.41) is 8.08. The van der Waals surface area contributed by atoms with E-state index in [-0.39, 0.29) is 24.0 Å². The fraction of sp³-hybridized carbons (Fsp3) is 0.364. The number of aryl methyl sites for hydroxylation is 2. The molecule has 0 aliphatic heterocycles. The molecule has 1 aromatic carbocycles. The van der Waals surface area contributed by atoms with Gasteiger partial charge in [-0.25, -0.2) is 0 Å². The van der Waals surface area contributed by atoms with Gasteiger partial charge in [-0.1, -0.05) is 12.1 Å². The summed E-state index contributed by atoms with van der Waals surface area (Å²) in [5.74, 6) is 0.875. The van der Waals surface area contributed by atoms with Crippen molar-refractivity contribution < 1.29 is 0 Å². The molecule has 0 radical (unpaired) electrons. The zero-order valence-electron chi connectivity index (χ0n) is 16.9. The smallest absolute Gasteiger partial charge is 0.191 e. The molecule has 0 saturated heterocycles. The number of hydrogen-bond donors (Lipinski definition) is 3. The summed E-state index contributed by atoms with van der Waals surface area (Å²) in [7, 11) is 0. The van der Waals surface area contributed by atoms with E-state index < -0.39 is 0 Å². The maximum Gasteiger partial charge on any atom is 0.191 e. The van der Waals surface area contributed by atoms with Gasteiger partial charge in [0.1, 0.15) is 0 Å². The standard InChI is InChI=1S/C22H29N5.HI/c1-4-24-22(25-11-8-18-7-10-23-14-17(18)3)26-12-9-19-15-27-21-13-16(2)5-6-20(19)21;/h5-7,10,13-15,27H,4,8-9,11-12H2,1-3H3,(H2,24,25,26);1H. The topological polar surface area (TPSA) is 65.1 Å². The molecule has 3 aromatic rings. The SMILES string of the molecule is CCNC(=NCCc1ccncc1C)NCCc1c[nH]c2cc(C)ccc12.I. The van der Waals surface area contributed by atoms with E-state index in [1.54, 1.807) is 0 Å². The van der Waals surface area contributed by atoms with Crippen LogP contribution in [0.25, 0.3) is 10.9 Å². The van der Waals surface area contributed by atoms with Crippen molar-refractivity contribution >= 4 is 40.8 Å². The Bertz CT molecular complexity index is 916. The van der Waals surface area contributed by atoms with Gasteiger partial charge in [-0.05, 0) is 68.0 Å². The highest BCUT2D eigenvalue weighted by atomic mass is 127. The molecule has 0 fully saturated rings. The third-order valence-corrected chi connectivity index (χ3v) is 4.74. The van der Waals surface area contributed by atoms with Gasteiger partial charge in [0.05, 0.1) is 0 Å². The Morgan fingerprint density at radius 1 is 1.11 bits per heavy atom. The molecule has 2 aromatic heterocycles. The molecule has 3 rings (SSSR count). The predicted octanol–water partition coefficient (Wildman–Crippen LogP) is 4.14. The van der Waals surface area contributed by atoms with E-state index in [4.69, 9.17) is 4.99 Å². The molecule has 0 aliphatic carbocycles. The van der Waals surface area contributed by atoms with Crippen molar-refractivity contribution in [3.63, 3.8) is 0 Å². The van der Waals surface area contributed by atoms with Crippen LogP contribution in [0.15, 0.2) is 47.8 Å². The van der Waals surface area contributed by atoms with Crippen molar-refractivity contribution in [3.05, 3.63) is 65.1 Å². The highest BCUT2D eigenvalue weighted by molar-refractivity contribution is 14.0. The summed E-state index contributed by atoms with van der Waals surface area (Å²) < 4.78 is 0. The Morgan fingerprint density at radius 2 is 1.96 bits per heavy atom. The molecule has 3 N–H and O–H groups in total. The summed E-state index contributed by atoms with van der Waals surface area (Å²) in [6.07, 6.45) is 7.75. The lowest BCUT2D eigenvalue weighted by molar-refractivity contribution is 0.798. The maximum absolute atomic E-state index is 4.71. The van der Waals surface area contributed by atoms with Crippen molar-refractivity contribution in [2.45, 2.75) is 33.6 Å². The molecule has 0 spiro atoms. The Balaban J connectivity index is 0.00000280. The van der Waals surface area contributed by atoms with Crippen molar-refractivity contribution in [2.75, 3.05) is 19.6 Å². The van der Waals surface area contributed by atoms with E-state index in [1.165, 1.54) is 33.2 Å². The van der Waals surface area contributed by atoms with Crippen molar-refractivity contribution in [1.29, 1.82) is 0 Å². The van der Waals surface area contributed by atoms with Gasteiger partial charge in [0.2, 0.25) is 0 Å². The number of rotatable bonds is 7. The average Bonchev–Trinajstić information content (AvgIpc) is 3.05. The van der Waals surface area contributed by atoms with Gasteiger partial charge >= 0.3 is 0 Å².